The zero-order chi connectivity index (χ0) is 20.7. The van der Waals surface area contributed by atoms with E-state index in [4.69, 9.17) is 0 Å². The van der Waals surface area contributed by atoms with Crippen molar-refractivity contribution in [2.24, 2.45) is 0 Å². The molecule has 2 heterocycles. The zero-order valence-electron chi connectivity index (χ0n) is 17.3. The molecule has 0 unspecified atom stereocenters. The van der Waals surface area contributed by atoms with Crippen LogP contribution in [0.25, 0.3) is 11.5 Å². The number of nitrogens with one attached hydrogen (secondary N) is 1. The van der Waals surface area contributed by atoms with Crippen molar-refractivity contribution in [3.63, 3.8) is 0 Å². The lowest BCUT2D eigenvalue weighted by molar-refractivity contribution is -0.114. The van der Waals surface area contributed by atoms with Crippen molar-refractivity contribution < 1.29 is 4.79 Å². The predicted molar refractivity (Wildman–Crippen MR) is 112 cm³/mol. The summed E-state index contributed by atoms with van der Waals surface area (Å²) in [5, 5.41) is 2.53. The first-order chi connectivity index (χ1) is 13.1. The molecule has 3 aromatic rings. The third kappa shape index (κ3) is 6.54. The molecule has 0 bridgehead atoms. The molecule has 0 saturated heterocycles. The fourth-order valence-electron chi connectivity index (χ4n) is 2.36. The normalized spacial score (nSPS) is 10.6. The van der Waals surface area contributed by atoms with E-state index in [0.717, 1.165) is 0 Å². The Morgan fingerprint density at radius 3 is 2.14 bits per heavy atom. The summed E-state index contributed by atoms with van der Waals surface area (Å²) in [5.74, 6) is 1.000. The summed E-state index contributed by atoms with van der Waals surface area (Å²) in [5.41, 5.74) is 3.67. The molecule has 1 amide bonds. The van der Waals surface area contributed by atoms with Crippen LogP contribution in [0.2, 0.25) is 0 Å². The van der Waals surface area contributed by atoms with E-state index in [0.29, 0.717) is 17.3 Å². The Bertz CT molecular complexity index is 916. The number of hydrogen-bond donors (Lipinski definition) is 1. The summed E-state index contributed by atoms with van der Waals surface area (Å²) in [6.45, 7) is 12.0. The van der Waals surface area contributed by atoms with Gasteiger partial charge in [0.1, 0.15) is 11.5 Å². The lowest BCUT2D eigenvalue weighted by Gasteiger charge is -2.18. The number of rotatable bonds is 2. The lowest BCUT2D eigenvalue weighted by Crippen LogP contribution is -2.11. The van der Waals surface area contributed by atoms with Gasteiger partial charge in [0.05, 0.1) is 0 Å². The molecule has 6 nitrogen and oxygen atoms in total. The third-order valence-electron chi connectivity index (χ3n) is 3.85. The number of carbonyl (C=O) groups is 1. The molecule has 0 spiro atoms. The molecular weight excluding hydrogens is 350 g/mol. The van der Waals surface area contributed by atoms with Gasteiger partial charge in [0, 0.05) is 13.1 Å². The van der Waals surface area contributed by atoms with Crippen LogP contribution in [0, 0.1) is 13.8 Å². The highest BCUT2D eigenvalue weighted by Gasteiger charge is 2.12. The van der Waals surface area contributed by atoms with Gasteiger partial charge in [-0.25, -0.2) is 4.98 Å². The summed E-state index contributed by atoms with van der Waals surface area (Å²) < 4.78 is 0. The maximum atomic E-state index is 10.9. The van der Waals surface area contributed by atoms with Gasteiger partial charge in [-0.05, 0) is 37.0 Å². The predicted octanol–water partition coefficient (Wildman–Crippen LogP) is 4.49. The van der Waals surface area contributed by atoms with Crippen molar-refractivity contribution in [2.75, 3.05) is 5.32 Å². The maximum absolute atomic E-state index is 10.9. The Labute approximate surface area is 166 Å². The van der Waals surface area contributed by atoms with Gasteiger partial charge >= 0.3 is 0 Å². The van der Waals surface area contributed by atoms with Crippen LogP contribution in [-0.2, 0) is 10.2 Å². The van der Waals surface area contributed by atoms with Gasteiger partial charge in [0.15, 0.2) is 5.82 Å². The highest BCUT2D eigenvalue weighted by atomic mass is 16.1. The first-order valence-corrected chi connectivity index (χ1v) is 9.14. The molecule has 0 fully saturated rings. The van der Waals surface area contributed by atoms with Gasteiger partial charge in [0.25, 0.3) is 0 Å². The Morgan fingerprint density at radius 2 is 1.61 bits per heavy atom. The lowest BCUT2D eigenvalue weighted by atomic mass is 9.87. The van der Waals surface area contributed by atoms with Crippen LogP contribution < -0.4 is 5.32 Å². The van der Waals surface area contributed by atoms with Gasteiger partial charge in [0.2, 0.25) is 11.9 Å². The molecule has 28 heavy (non-hydrogen) atoms. The van der Waals surface area contributed by atoms with Crippen LogP contribution in [0.1, 0.15) is 44.6 Å². The number of amides is 1. The minimum atomic E-state index is -0.220. The van der Waals surface area contributed by atoms with Crippen molar-refractivity contribution in [3.8, 4) is 11.5 Å². The highest BCUT2D eigenvalue weighted by molar-refractivity contribution is 5.86. The number of aromatic nitrogens is 4. The van der Waals surface area contributed by atoms with Crippen molar-refractivity contribution in [1.29, 1.82) is 0 Å². The van der Waals surface area contributed by atoms with Gasteiger partial charge in [-0.1, -0.05) is 56.7 Å². The largest absolute Gasteiger partial charge is 0.295 e. The highest BCUT2D eigenvalue weighted by Crippen LogP contribution is 2.21. The topological polar surface area (TPSA) is 80.7 Å². The van der Waals surface area contributed by atoms with Gasteiger partial charge in [-0.2, -0.15) is 9.97 Å². The quantitative estimate of drug-likeness (QED) is 0.711. The standard InChI is InChI=1S/C11H11N5O.C11H16/c1-7-13-10(9-5-3-4-6-12-9)16-11(14-7)15-8(2)17;1-9-5-7-10(8-6-9)11(2,3)4/h3-6H,1-2H3,(H,13,14,15,16,17);5-8H,1-4H3. The van der Waals surface area contributed by atoms with Gasteiger partial charge in [-0.3, -0.25) is 15.1 Å². The summed E-state index contributed by atoms with van der Waals surface area (Å²) >= 11 is 0. The SMILES string of the molecule is CC(=O)Nc1nc(C)nc(-c2ccccn2)n1.Cc1ccc(C(C)(C)C)cc1. The number of carbonyl (C=O) groups excluding carboxylic acids is 1. The van der Waals surface area contributed by atoms with E-state index < -0.39 is 0 Å². The second-order valence-corrected chi connectivity index (χ2v) is 7.54. The van der Waals surface area contributed by atoms with E-state index >= 15 is 0 Å². The summed E-state index contributed by atoms with van der Waals surface area (Å²) in [4.78, 5) is 27.4. The fraction of sp³-hybridized carbons (Fsp3) is 0.318. The summed E-state index contributed by atoms with van der Waals surface area (Å²) in [6.07, 6.45) is 1.66. The molecule has 0 saturated carbocycles. The Hall–Kier alpha value is -3.15. The van der Waals surface area contributed by atoms with Crippen molar-refractivity contribution in [1.82, 2.24) is 19.9 Å². The van der Waals surface area contributed by atoms with E-state index in [1.165, 1.54) is 18.1 Å². The van der Waals surface area contributed by atoms with Crippen LogP contribution >= 0.6 is 0 Å². The Morgan fingerprint density at radius 1 is 0.929 bits per heavy atom. The molecule has 6 heteroatoms. The number of hydrogen-bond acceptors (Lipinski definition) is 5. The third-order valence-corrected chi connectivity index (χ3v) is 3.85. The minimum Gasteiger partial charge on any atom is -0.295 e. The van der Waals surface area contributed by atoms with Crippen molar-refractivity contribution >= 4 is 11.9 Å². The molecule has 0 aliphatic heterocycles. The van der Waals surface area contributed by atoms with Crippen LogP contribution in [-0.4, -0.2) is 25.8 Å². The number of anilines is 1. The molecule has 1 aromatic carbocycles. The maximum Gasteiger partial charge on any atom is 0.233 e. The molecule has 0 aliphatic carbocycles. The summed E-state index contributed by atoms with van der Waals surface area (Å²) in [6, 6.07) is 14.2. The van der Waals surface area contributed by atoms with Crippen molar-refractivity contribution in [3.05, 3.63) is 65.6 Å². The summed E-state index contributed by atoms with van der Waals surface area (Å²) in [7, 11) is 0. The van der Waals surface area contributed by atoms with E-state index in [-0.39, 0.29) is 17.3 Å². The number of nitrogens with zero attached hydrogens (tertiary/aromatic N) is 4. The fourth-order valence-corrected chi connectivity index (χ4v) is 2.36. The van der Waals surface area contributed by atoms with E-state index in [2.05, 4.69) is 77.2 Å². The smallest absolute Gasteiger partial charge is 0.233 e. The molecule has 0 radical (unpaired) electrons. The first-order valence-electron chi connectivity index (χ1n) is 9.14. The first kappa shape index (κ1) is 21.2. The second-order valence-electron chi connectivity index (χ2n) is 7.54. The van der Waals surface area contributed by atoms with Crippen LogP contribution in [0.4, 0.5) is 5.95 Å². The van der Waals surface area contributed by atoms with E-state index in [1.54, 1.807) is 19.2 Å². The van der Waals surface area contributed by atoms with Crippen LogP contribution in [0.5, 0.6) is 0 Å². The molecule has 0 atom stereocenters. The monoisotopic (exact) mass is 377 g/mol. The van der Waals surface area contributed by atoms with Gasteiger partial charge in [-0.15, -0.1) is 0 Å². The number of pyridine rings is 1. The molecular formula is C22H27N5O. The molecule has 146 valence electrons. The molecule has 2 aromatic heterocycles. The Balaban J connectivity index is 0.000000221. The van der Waals surface area contributed by atoms with E-state index in [1.807, 2.05) is 12.1 Å². The molecule has 1 N–H and O–H groups in total. The van der Waals surface area contributed by atoms with Crippen LogP contribution in [0.15, 0.2) is 48.7 Å². The van der Waals surface area contributed by atoms with Crippen molar-refractivity contribution in [2.45, 2.75) is 47.0 Å². The Kier molecular flexibility index (Phi) is 6.93. The number of aryl methyl sites for hydroxylation is 2. The average Bonchev–Trinajstić information content (AvgIpc) is 2.61. The minimum absolute atomic E-state index is 0.220. The number of benzene rings is 1. The van der Waals surface area contributed by atoms with E-state index in [9.17, 15) is 4.79 Å². The van der Waals surface area contributed by atoms with Crippen LogP contribution in [0.3, 0.4) is 0 Å². The molecule has 3 rings (SSSR count). The van der Waals surface area contributed by atoms with Gasteiger partial charge < -0.3 is 0 Å². The molecule has 0 aliphatic rings. The zero-order valence-corrected chi connectivity index (χ0v) is 17.3. The second kappa shape index (κ2) is 9.17. The average molecular weight is 377 g/mol.